The molecule has 2 N–H and O–H groups in total. The van der Waals surface area contributed by atoms with Gasteiger partial charge in [-0.05, 0) is 72.2 Å². The van der Waals surface area contributed by atoms with Crippen LogP contribution in [0.15, 0.2) is 36.4 Å². The van der Waals surface area contributed by atoms with E-state index in [1.807, 2.05) is 12.1 Å². The Morgan fingerprint density at radius 2 is 1.71 bits per heavy atom. The molecule has 2 aromatic rings. The lowest BCUT2D eigenvalue weighted by Gasteiger charge is -2.17. The summed E-state index contributed by atoms with van der Waals surface area (Å²) in [6, 6.07) is 11.1. The van der Waals surface area contributed by atoms with Crippen LogP contribution in [0.4, 0.5) is 4.39 Å². The number of fused-ring (bicyclic) bond motifs is 1. The van der Waals surface area contributed by atoms with E-state index in [-0.39, 0.29) is 5.82 Å². The quantitative estimate of drug-likeness (QED) is 0.928. The van der Waals surface area contributed by atoms with E-state index in [0.717, 1.165) is 23.3 Å². The summed E-state index contributed by atoms with van der Waals surface area (Å²) in [4.78, 5) is 0. The molecule has 0 spiro atoms. The van der Waals surface area contributed by atoms with Gasteiger partial charge >= 0.3 is 0 Å². The van der Waals surface area contributed by atoms with Crippen molar-refractivity contribution < 1.29 is 9.13 Å². The molecule has 2 nitrogen and oxygen atoms in total. The number of hydrogen-bond acceptors (Lipinski definition) is 2. The van der Waals surface area contributed by atoms with Crippen molar-refractivity contribution in [1.29, 1.82) is 0 Å². The number of halogens is 1. The SMILES string of the molecule is NCc1cc(F)cc(COc2ccc3c(c2)CCCC3)c1. The average Bonchev–Trinajstić information content (AvgIpc) is 2.52. The van der Waals surface area contributed by atoms with Crippen LogP contribution in [-0.4, -0.2) is 0 Å². The Balaban J connectivity index is 1.71. The molecule has 0 amide bonds. The fourth-order valence-electron chi connectivity index (χ4n) is 2.88. The van der Waals surface area contributed by atoms with Crippen molar-refractivity contribution in [3.8, 4) is 5.75 Å². The lowest BCUT2D eigenvalue weighted by Crippen LogP contribution is -2.04. The van der Waals surface area contributed by atoms with Crippen molar-refractivity contribution >= 4 is 0 Å². The predicted octanol–water partition coefficient (Wildman–Crippen LogP) is 3.74. The topological polar surface area (TPSA) is 35.2 Å². The highest BCUT2D eigenvalue weighted by Gasteiger charge is 2.10. The number of ether oxygens (including phenoxy) is 1. The summed E-state index contributed by atoms with van der Waals surface area (Å²) in [5, 5.41) is 0. The molecule has 0 aliphatic heterocycles. The van der Waals surface area contributed by atoms with Gasteiger partial charge in [-0.1, -0.05) is 12.1 Å². The zero-order valence-corrected chi connectivity index (χ0v) is 12.1. The molecule has 0 radical (unpaired) electrons. The van der Waals surface area contributed by atoms with E-state index in [2.05, 4.69) is 12.1 Å². The van der Waals surface area contributed by atoms with Gasteiger partial charge in [0.15, 0.2) is 0 Å². The van der Waals surface area contributed by atoms with E-state index in [9.17, 15) is 4.39 Å². The molecular weight excluding hydrogens is 265 g/mol. The normalized spacial score (nSPS) is 13.8. The molecule has 0 aromatic heterocycles. The fraction of sp³-hybridized carbons (Fsp3) is 0.333. The van der Waals surface area contributed by atoms with E-state index < -0.39 is 0 Å². The highest BCUT2D eigenvalue weighted by atomic mass is 19.1. The molecule has 0 saturated heterocycles. The Morgan fingerprint density at radius 3 is 2.52 bits per heavy atom. The highest BCUT2D eigenvalue weighted by Crippen LogP contribution is 2.26. The van der Waals surface area contributed by atoms with Crippen LogP contribution in [0.3, 0.4) is 0 Å². The van der Waals surface area contributed by atoms with Crippen LogP contribution < -0.4 is 10.5 Å². The number of benzene rings is 2. The van der Waals surface area contributed by atoms with Gasteiger partial charge in [0, 0.05) is 6.54 Å². The van der Waals surface area contributed by atoms with Crippen molar-refractivity contribution in [1.82, 2.24) is 0 Å². The zero-order chi connectivity index (χ0) is 14.7. The molecule has 0 fully saturated rings. The maximum absolute atomic E-state index is 13.5. The second-order valence-electron chi connectivity index (χ2n) is 5.60. The molecule has 3 rings (SSSR count). The van der Waals surface area contributed by atoms with Crippen molar-refractivity contribution in [2.45, 2.75) is 38.8 Å². The van der Waals surface area contributed by atoms with Gasteiger partial charge in [-0.2, -0.15) is 0 Å². The van der Waals surface area contributed by atoms with Crippen molar-refractivity contribution in [3.05, 3.63) is 64.5 Å². The smallest absolute Gasteiger partial charge is 0.123 e. The predicted molar refractivity (Wildman–Crippen MR) is 81.7 cm³/mol. The second-order valence-corrected chi connectivity index (χ2v) is 5.60. The molecule has 0 bridgehead atoms. The van der Waals surface area contributed by atoms with Crippen LogP contribution in [-0.2, 0) is 26.0 Å². The summed E-state index contributed by atoms with van der Waals surface area (Å²) in [6.45, 7) is 0.702. The molecule has 3 heteroatoms. The minimum absolute atomic E-state index is 0.262. The molecule has 0 atom stereocenters. The minimum atomic E-state index is -0.262. The standard InChI is InChI=1S/C18H20FNO/c19-17-8-13(11-20)7-14(9-17)12-21-18-6-5-15-3-1-2-4-16(15)10-18/h5-10H,1-4,11-12,20H2. The van der Waals surface area contributed by atoms with E-state index in [1.165, 1.54) is 42.5 Å². The monoisotopic (exact) mass is 285 g/mol. The number of rotatable bonds is 4. The van der Waals surface area contributed by atoms with Crippen molar-refractivity contribution in [3.63, 3.8) is 0 Å². The summed E-state index contributed by atoms with van der Waals surface area (Å²) in [6.07, 6.45) is 4.82. The Kier molecular flexibility index (Phi) is 4.20. The van der Waals surface area contributed by atoms with Gasteiger partial charge in [-0.25, -0.2) is 4.39 Å². The Labute approximate surface area is 124 Å². The first-order chi connectivity index (χ1) is 10.2. The van der Waals surface area contributed by atoms with E-state index in [4.69, 9.17) is 10.5 Å². The first-order valence-corrected chi connectivity index (χ1v) is 7.47. The van der Waals surface area contributed by atoms with E-state index >= 15 is 0 Å². The third-order valence-electron chi connectivity index (χ3n) is 3.98. The van der Waals surface area contributed by atoms with Gasteiger partial charge in [0.1, 0.15) is 18.2 Å². The minimum Gasteiger partial charge on any atom is -0.489 e. The Morgan fingerprint density at radius 1 is 0.952 bits per heavy atom. The lowest BCUT2D eigenvalue weighted by molar-refractivity contribution is 0.305. The largest absolute Gasteiger partial charge is 0.489 e. The molecule has 0 saturated carbocycles. The van der Waals surface area contributed by atoms with Gasteiger partial charge in [0.25, 0.3) is 0 Å². The molecule has 110 valence electrons. The highest BCUT2D eigenvalue weighted by molar-refractivity contribution is 5.37. The molecule has 21 heavy (non-hydrogen) atoms. The van der Waals surface area contributed by atoms with Gasteiger partial charge in [0.05, 0.1) is 0 Å². The van der Waals surface area contributed by atoms with Crippen LogP contribution >= 0.6 is 0 Å². The summed E-state index contributed by atoms with van der Waals surface area (Å²) in [5.74, 6) is 0.594. The van der Waals surface area contributed by atoms with Crippen LogP contribution in [0.5, 0.6) is 5.75 Å². The maximum atomic E-state index is 13.5. The Bertz CT molecular complexity index is 639. The first-order valence-electron chi connectivity index (χ1n) is 7.47. The summed E-state index contributed by atoms with van der Waals surface area (Å²) >= 11 is 0. The summed E-state index contributed by atoms with van der Waals surface area (Å²) in [7, 11) is 0. The summed E-state index contributed by atoms with van der Waals surface area (Å²) < 4.78 is 19.3. The van der Waals surface area contributed by atoms with Crippen LogP contribution in [0, 0.1) is 5.82 Å². The molecular formula is C18H20FNO. The fourth-order valence-corrected chi connectivity index (χ4v) is 2.88. The Hall–Kier alpha value is -1.87. The molecule has 1 aliphatic rings. The van der Waals surface area contributed by atoms with Gasteiger partial charge in [-0.3, -0.25) is 0 Å². The maximum Gasteiger partial charge on any atom is 0.123 e. The first kappa shape index (κ1) is 14.1. The number of nitrogens with two attached hydrogens (primary N) is 1. The third-order valence-corrected chi connectivity index (χ3v) is 3.98. The van der Waals surface area contributed by atoms with Crippen LogP contribution in [0.2, 0.25) is 0 Å². The van der Waals surface area contributed by atoms with Crippen molar-refractivity contribution in [2.24, 2.45) is 5.73 Å². The van der Waals surface area contributed by atoms with E-state index in [1.54, 1.807) is 0 Å². The molecule has 1 aliphatic carbocycles. The zero-order valence-electron chi connectivity index (χ0n) is 12.1. The number of aryl methyl sites for hydroxylation is 2. The third kappa shape index (κ3) is 3.42. The summed E-state index contributed by atoms with van der Waals surface area (Å²) in [5.41, 5.74) is 9.99. The van der Waals surface area contributed by atoms with E-state index in [0.29, 0.717) is 13.2 Å². The van der Waals surface area contributed by atoms with Gasteiger partial charge < -0.3 is 10.5 Å². The van der Waals surface area contributed by atoms with Gasteiger partial charge in [0.2, 0.25) is 0 Å². The number of hydrogen-bond donors (Lipinski definition) is 1. The van der Waals surface area contributed by atoms with Crippen LogP contribution in [0.1, 0.15) is 35.1 Å². The average molecular weight is 285 g/mol. The second kappa shape index (κ2) is 6.27. The van der Waals surface area contributed by atoms with Crippen LogP contribution in [0.25, 0.3) is 0 Å². The van der Waals surface area contributed by atoms with Gasteiger partial charge in [-0.15, -0.1) is 0 Å². The molecule has 0 heterocycles. The lowest BCUT2D eigenvalue weighted by atomic mass is 9.92. The molecule has 2 aromatic carbocycles. The molecule has 0 unspecified atom stereocenters. The van der Waals surface area contributed by atoms with Crippen molar-refractivity contribution in [2.75, 3.05) is 0 Å².